The van der Waals surface area contributed by atoms with E-state index >= 15 is 0 Å². The number of benzene rings is 1. The third-order valence-corrected chi connectivity index (χ3v) is 4.11. The molecule has 1 aromatic heterocycles. The van der Waals surface area contributed by atoms with Crippen LogP contribution in [-0.4, -0.2) is 27.1 Å². The smallest absolute Gasteiger partial charge is 0.209 e. The second kappa shape index (κ2) is 5.75. The lowest BCUT2D eigenvalue weighted by Crippen LogP contribution is -2.50. The minimum absolute atomic E-state index is 0.606. The third kappa shape index (κ3) is 2.98. The number of hydrogen-bond donors (Lipinski definition) is 1. The highest BCUT2D eigenvalue weighted by atomic mass is 32.2. The molecule has 0 bridgehead atoms. The maximum absolute atomic E-state index is 4.71. The first kappa shape index (κ1) is 12.7. The summed E-state index contributed by atoms with van der Waals surface area (Å²) >= 11 is 1.74. The highest BCUT2D eigenvalue weighted by molar-refractivity contribution is 7.99. The zero-order valence-corrected chi connectivity index (χ0v) is 11.8. The monoisotopic (exact) mass is 275 g/mol. The Kier molecular flexibility index (Phi) is 3.84. The molecular formula is C14H19N4S+. The van der Waals surface area contributed by atoms with Crippen LogP contribution in [0.1, 0.15) is 31.0 Å². The van der Waals surface area contributed by atoms with Crippen LogP contribution in [0.25, 0.3) is 5.69 Å². The molecule has 0 saturated heterocycles. The number of quaternary nitrogens is 1. The van der Waals surface area contributed by atoms with Gasteiger partial charge < -0.3 is 5.73 Å². The summed E-state index contributed by atoms with van der Waals surface area (Å²) in [5, 5.41) is 5.56. The second-order valence-corrected chi connectivity index (χ2v) is 5.89. The summed E-state index contributed by atoms with van der Waals surface area (Å²) in [7, 11) is 0. The molecule has 5 heteroatoms. The topological polar surface area (TPSA) is 58.4 Å². The molecule has 100 valence electrons. The Bertz CT molecular complexity index is 534. The van der Waals surface area contributed by atoms with Crippen molar-refractivity contribution in [2.75, 3.05) is 12.3 Å². The molecule has 1 aromatic carbocycles. The number of hydrogen-bond acceptors (Lipinski definition) is 3. The van der Waals surface area contributed by atoms with Crippen molar-refractivity contribution in [2.45, 2.75) is 30.3 Å². The van der Waals surface area contributed by atoms with Crippen LogP contribution in [0.2, 0.25) is 0 Å². The molecule has 1 fully saturated rings. The van der Waals surface area contributed by atoms with E-state index in [4.69, 9.17) is 4.98 Å². The summed E-state index contributed by atoms with van der Waals surface area (Å²) in [6.07, 6.45) is 3.60. The Hall–Kier alpha value is -1.33. The molecule has 0 spiro atoms. The van der Waals surface area contributed by atoms with Gasteiger partial charge in [-0.15, -0.1) is 5.10 Å². The van der Waals surface area contributed by atoms with Gasteiger partial charge >= 0.3 is 0 Å². The van der Waals surface area contributed by atoms with E-state index in [1.165, 1.54) is 12.8 Å². The molecule has 2 aromatic rings. The van der Waals surface area contributed by atoms with Crippen LogP contribution in [0.4, 0.5) is 0 Å². The molecule has 3 rings (SSSR count). The summed E-state index contributed by atoms with van der Waals surface area (Å²) in [5.74, 6) is 2.78. The van der Waals surface area contributed by atoms with Gasteiger partial charge in [0.1, 0.15) is 5.82 Å². The molecule has 0 radical (unpaired) electrons. The van der Waals surface area contributed by atoms with E-state index in [-0.39, 0.29) is 0 Å². The van der Waals surface area contributed by atoms with Gasteiger partial charge in [0, 0.05) is 18.1 Å². The van der Waals surface area contributed by atoms with Crippen molar-refractivity contribution < 1.29 is 5.73 Å². The summed E-state index contributed by atoms with van der Waals surface area (Å²) in [5.41, 5.74) is 4.98. The number of nitrogens with zero attached hydrogens (tertiary/aromatic N) is 3. The first-order valence-electron chi connectivity index (χ1n) is 6.83. The van der Waals surface area contributed by atoms with Crippen molar-refractivity contribution in [1.29, 1.82) is 0 Å². The van der Waals surface area contributed by atoms with Gasteiger partial charge in [-0.1, -0.05) is 30.0 Å². The minimum Gasteiger partial charge on any atom is -0.358 e. The lowest BCUT2D eigenvalue weighted by molar-refractivity contribution is -0.367. The summed E-state index contributed by atoms with van der Waals surface area (Å²) < 4.78 is 2.02. The zero-order chi connectivity index (χ0) is 13.1. The van der Waals surface area contributed by atoms with Gasteiger partial charge in [-0.05, 0) is 25.0 Å². The van der Waals surface area contributed by atoms with Gasteiger partial charge in [-0.3, -0.25) is 0 Å². The SMILES string of the molecule is [NH3+]CCCSc1nc(C2CC2)n(-c2ccccc2)n1. The Labute approximate surface area is 117 Å². The first-order valence-corrected chi connectivity index (χ1v) is 7.81. The van der Waals surface area contributed by atoms with E-state index in [0.717, 1.165) is 35.4 Å². The van der Waals surface area contributed by atoms with Crippen LogP contribution in [0.5, 0.6) is 0 Å². The van der Waals surface area contributed by atoms with Crippen molar-refractivity contribution in [3.05, 3.63) is 36.2 Å². The van der Waals surface area contributed by atoms with Crippen LogP contribution in [0.15, 0.2) is 35.5 Å². The average Bonchev–Trinajstić information content (AvgIpc) is 3.21. The maximum atomic E-state index is 4.71. The summed E-state index contributed by atoms with van der Waals surface area (Å²) in [6, 6.07) is 10.3. The molecule has 1 aliphatic rings. The largest absolute Gasteiger partial charge is 0.358 e. The van der Waals surface area contributed by atoms with Crippen molar-refractivity contribution in [2.24, 2.45) is 0 Å². The standard InChI is InChI=1S/C14H18N4S/c15-9-4-10-19-14-16-13(11-7-8-11)18(17-14)12-5-2-1-3-6-12/h1-3,5-6,11H,4,7-10,15H2/p+1. The Morgan fingerprint density at radius 2 is 2.05 bits per heavy atom. The average molecular weight is 275 g/mol. The van der Waals surface area contributed by atoms with E-state index < -0.39 is 0 Å². The third-order valence-electron chi connectivity index (χ3n) is 3.18. The fourth-order valence-corrected chi connectivity index (χ4v) is 2.82. The minimum atomic E-state index is 0.606. The molecule has 0 aliphatic heterocycles. The lowest BCUT2D eigenvalue weighted by Gasteiger charge is -2.03. The molecule has 0 amide bonds. The Balaban J connectivity index is 1.85. The molecule has 0 atom stereocenters. The van der Waals surface area contributed by atoms with Gasteiger partial charge in [0.05, 0.1) is 12.2 Å². The van der Waals surface area contributed by atoms with Crippen molar-refractivity contribution in [3.8, 4) is 5.69 Å². The number of para-hydroxylation sites is 1. The molecule has 0 unspecified atom stereocenters. The quantitative estimate of drug-likeness (QED) is 0.647. The van der Waals surface area contributed by atoms with Crippen LogP contribution in [-0.2, 0) is 0 Å². The Morgan fingerprint density at radius 3 is 2.74 bits per heavy atom. The van der Waals surface area contributed by atoms with Gasteiger partial charge in [-0.2, -0.15) is 0 Å². The maximum Gasteiger partial charge on any atom is 0.209 e. The summed E-state index contributed by atoms with van der Waals surface area (Å²) in [4.78, 5) is 4.71. The molecule has 4 nitrogen and oxygen atoms in total. The van der Waals surface area contributed by atoms with Crippen molar-refractivity contribution >= 4 is 11.8 Å². The van der Waals surface area contributed by atoms with Crippen LogP contribution >= 0.6 is 11.8 Å². The van der Waals surface area contributed by atoms with Crippen LogP contribution in [0, 0.1) is 0 Å². The number of rotatable bonds is 6. The normalized spacial score (nSPS) is 14.8. The molecule has 1 aliphatic carbocycles. The fourth-order valence-electron chi connectivity index (χ4n) is 2.00. The van der Waals surface area contributed by atoms with Gasteiger partial charge in [-0.25, -0.2) is 9.67 Å². The first-order chi connectivity index (χ1) is 9.38. The molecule has 1 heterocycles. The van der Waals surface area contributed by atoms with Crippen LogP contribution in [0.3, 0.4) is 0 Å². The van der Waals surface area contributed by atoms with Gasteiger partial charge in [0.15, 0.2) is 0 Å². The Morgan fingerprint density at radius 1 is 1.26 bits per heavy atom. The van der Waals surface area contributed by atoms with E-state index in [2.05, 4.69) is 23.0 Å². The van der Waals surface area contributed by atoms with E-state index in [9.17, 15) is 0 Å². The molecule has 19 heavy (non-hydrogen) atoms. The van der Waals surface area contributed by atoms with Gasteiger partial charge in [0.2, 0.25) is 5.16 Å². The number of thioether (sulfide) groups is 1. The highest BCUT2D eigenvalue weighted by Gasteiger charge is 2.30. The molecular weight excluding hydrogens is 256 g/mol. The van der Waals surface area contributed by atoms with Gasteiger partial charge in [0.25, 0.3) is 0 Å². The van der Waals surface area contributed by atoms with Crippen molar-refractivity contribution in [3.63, 3.8) is 0 Å². The zero-order valence-electron chi connectivity index (χ0n) is 11.0. The highest BCUT2D eigenvalue weighted by Crippen LogP contribution is 2.40. The predicted octanol–water partition coefficient (Wildman–Crippen LogP) is 1.87. The number of aromatic nitrogens is 3. The van der Waals surface area contributed by atoms with E-state index in [1.807, 2.05) is 22.9 Å². The molecule has 3 N–H and O–H groups in total. The fraction of sp³-hybridized carbons (Fsp3) is 0.429. The predicted molar refractivity (Wildman–Crippen MR) is 76.4 cm³/mol. The van der Waals surface area contributed by atoms with E-state index in [0.29, 0.717) is 5.92 Å². The summed E-state index contributed by atoms with van der Waals surface area (Å²) in [6.45, 7) is 0.974. The molecule has 1 saturated carbocycles. The van der Waals surface area contributed by atoms with Crippen molar-refractivity contribution in [1.82, 2.24) is 14.8 Å². The van der Waals surface area contributed by atoms with E-state index in [1.54, 1.807) is 11.8 Å². The van der Waals surface area contributed by atoms with Crippen LogP contribution < -0.4 is 5.73 Å². The lowest BCUT2D eigenvalue weighted by atomic mass is 10.3. The second-order valence-electron chi connectivity index (χ2n) is 4.83.